The summed E-state index contributed by atoms with van der Waals surface area (Å²) in [4.78, 5) is 89.1. The average Bonchev–Trinajstić information content (AvgIpc) is 3.10. The maximum atomic E-state index is 14.7. The highest BCUT2D eigenvalue weighted by Gasteiger charge is 2.67. The molecule has 0 unspecified atom stereocenters. The molecule has 1 aliphatic heterocycles. The van der Waals surface area contributed by atoms with Crippen LogP contribution in [-0.2, 0) is 52.5 Å². The summed E-state index contributed by atoms with van der Waals surface area (Å²) in [6.07, 6.45) is -5.44. The molecule has 0 aromatic heterocycles. The van der Waals surface area contributed by atoms with Gasteiger partial charge < -0.3 is 49.3 Å². The number of Topliss-reactive ketones (excluding diaryl/α,β-unsaturated/α-hetero) is 1. The number of nitrogens with one attached hydrogen (secondary N) is 2. The first-order chi connectivity index (χ1) is 25.4. The van der Waals surface area contributed by atoms with Crippen molar-refractivity contribution in [3.63, 3.8) is 0 Å². The first-order valence-corrected chi connectivity index (χ1v) is 17.9. The Morgan fingerprint density at radius 3 is 2.37 bits per heavy atom. The molecule has 16 heteroatoms. The fourth-order valence-electron chi connectivity index (χ4n) is 8.41. The van der Waals surface area contributed by atoms with Crippen LogP contribution in [0, 0.1) is 22.7 Å². The van der Waals surface area contributed by atoms with Crippen LogP contribution in [0.15, 0.2) is 41.5 Å². The first-order valence-electron chi connectivity index (χ1n) is 17.9. The molecule has 0 spiro atoms. The third kappa shape index (κ3) is 7.83. The van der Waals surface area contributed by atoms with E-state index in [1.165, 1.54) is 12.1 Å². The summed E-state index contributed by atoms with van der Waals surface area (Å²) in [6, 6.07) is 8.07. The van der Waals surface area contributed by atoms with Crippen molar-refractivity contribution in [2.45, 2.75) is 90.0 Å². The standard InChI is InChI=1S/C38H48N2O14/c1-20-26(54-35(48)27(16-40-34(47)22-9-7-6-8-10-22)53-30(45)19-50-18-29(44)39-11-12-41)15-38(49)14-24-23-17-51-25(23)13-28(43)37(24,5)33(46)32(52-21(2)42)31(20)36(38,3)4/h6-10,12,23-28,32,43,49H,11,13-19H2,1-5H3,(H,39,44)(H,40,47)/t23-,24+,25+,26-,27+,28-,32+,37-,38-/m0/s1. The molecule has 16 nitrogen and oxygen atoms in total. The van der Waals surface area contributed by atoms with E-state index in [4.69, 9.17) is 23.7 Å². The topological polar surface area (TPSA) is 230 Å². The summed E-state index contributed by atoms with van der Waals surface area (Å²) < 4.78 is 27.9. The van der Waals surface area contributed by atoms with Crippen molar-refractivity contribution < 1.29 is 67.5 Å². The van der Waals surface area contributed by atoms with Crippen molar-refractivity contribution in [3.05, 3.63) is 47.0 Å². The van der Waals surface area contributed by atoms with Gasteiger partial charge in [-0.25, -0.2) is 9.59 Å². The Morgan fingerprint density at radius 2 is 1.74 bits per heavy atom. The molecule has 1 aromatic rings. The summed E-state index contributed by atoms with van der Waals surface area (Å²) in [5, 5.41) is 28.9. The lowest BCUT2D eigenvalue weighted by Crippen LogP contribution is -2.69. The highest BCUT2D eigenvalue weighted by molar-refractivity contribution is 5.95. The molecule has 2 saturated carbocycles. The molecule has 9 atom stereocenters. The Labute approximate surface area is 312 Å². The highest BCUT2D eigenvalue weighted by Crippen LogP contribution is 2.61. The predicted molar refractivity (Wildman–Crippen MR) is 185 cm³/mol. The van der Waals surface area contributed by atoms with Gasteiger partial charge in [-0.15, -0.1) is 0 Å². The molecule has 294 valence electrons. The number of fused-ring (bicyclic) bond motifs is 5. The maximum absolute atomic E-state index is 14.7. The largest absolute Gasteiger partial charge is 0.455 e. The number of amides is 2. The van der Waals surface area contributed by atoms with Crippen LogP contribution in [0.3, 0.4) is 0 Å². The van der Waals surface area contributed by atoms with E-state index in [2.05, 4.69) is 10.6 Å². The zero-order chi connectivity index (χ0) is 39.6. The van der Waals surface area contributed by atoms with Gasteiger partial charge in [-0.3, -0.25) is 19.2 Å². The molecule has 4 aliphatic rings. The van der Waals surface area contributed by atoms with E-state index >= 15 is 0 Å². The van der Waals surface area contributed by atoms with Gasteiger partial charge >= 0.3 is 17.9 Å². The molecule has 3 fully saturated rings. The number of aldehydes is 1. The van der Waals surface area contributed by atoms with Gasteiger partial charge in [0.25, 0.3) is 5.91 Å². The Hall–Kier alpha value is -4.51. The molecule has 1 aromatic carbocycles. The van der Waals surface area contributed by atoms with E-state index in [9.17, 15) is 43.8 Å². The lowest BCUT2D eigenvalue weighted by molar-refractivity contribution is -0.244. The molecule has 2 bridgehead atoms. The number of carbonyl (C=O) groups excluding carboxylic acids is 7. The summed E-state index contributed by atoms with van der Waals surface area (Å²) in [7, 11) is 0. The second kappa shape index (κ2) is 16.1. The Morgan fingerprint density at radius 1 is 1.04 bits per heavy atom. The summed E-state index contributed by atoms with van der Waals surface area (Å²) in [5.74, 6) is -5.51. The van der Waals surface area contributed by atoms with Crippen LogP contribution in [-0.4, -0.2) is 121 Å². The molecular formula is C38H48N2O14. The number of rotatable bonds is 13. The molecule has 4 N–H and O–H groups in total. The van der Waals surface area contributed by atoms with Gasteiger partial charge in [-0.1, -0.05) is 32.0 Å². The third-order valence-corrected chi connectivity index (χ3v) is 11.7. The zero-order valence-electron chi connectivity index (χ0n) is 31.0. The molecule has 1 saturated heterocycles. The Bertz CT molecular complexity index is 1690. The number of ketones is 1. The Balaban J connectivity index is 1.45. The van der Waals surface area contributed by atoms with E-state index in [0.717, 1.165) is 6.92 Å². The van der Waals surface area contributed by atoms with Gasteiger partial charge in [0, 0.05) is 36.7 Å². The van der Waals surface area contributed by atoms with E-state index < -0.39 is 102 Å². The van der Waals surface area contributed by atoms with Gasteiger partial charge in [0.2, 0.25) is 12.0 Å². The molecule has 3 aliphatic carbocycles. The summed E-state index contributed by atoms with van der Waals surface area (Å²) in [6.45, 7) is 6.02. The second-order valence-corrected chi connectivity index (χ2v) is 15.1. The van der Waals surface area contributed by atoms with Gasteiger partial charge in [0.1, 0.15) is 25.6 Å². The lowest BCUT2D eigenvalue weighted by Gasteiger charge is -2.62. The van der Waals surface area contributed by atoms with E-state index in [-0.39, 0.29) is 49.0 Å². The molecule has 0 radical (unpaired) electrons. The van der Waals surface area contributed by atoms with Crippen LogP contribution < -0.4 is 10.6 Å². The quantitative estimate of drug-likeness (QED) is 0.0922. The Kier molecular flexibility index (Phi) is 12.1. The minimum atomic E-state index is -1.74. The number of aliphatic hydroxyl groups excluding tert-OH is 1. The molecule has 1 heterocycles. The zero-order valence-corrected chi connectivity index (χ0v) is 31.0. The van der Waals surface area contributed by atoms with Crippen LogP contribution in [0.25, 0.3) is 0 Å². The van der Waals surface area contributed by atoms with Gasteiger partial charge in [0.15, 0.2) is 11.9 Å². The molecule has 54 heavy (non-hydrogen) atoms. The maximum Gasteiger partial charge on any atom is 0.349 e. The third-order valence-electron chi connectivity index (χ3n) is 11.7. The first kappa shape index (κ1) is 40.7. The van der Waals surface area contributed by atoms with Gasteiger partial charge in [-0.05, 0) is 49.5 Å². The van der Waals surface area contributed by atoms with Crippen molar-refractivity contribution in [1.29, 1.82) is 0 Å². The van der Waals surface area contributed by atoms with Crippen LogP contribution in [0.1, 0.15) is 64.2 Å². The number of aliphatic hydroxyl groups is 2. The summed E-state index contributed by atoms with van der Waals surface area (Å²) in [5.41, 5.74) is -3.49. The minimum absolute atomic E-state index is 0.0186. The number of benzene rings is 1. The average molecular weight is 757 g/mol. The van der Waals surface area contributed by atoms with E-state index in [1.54, 1.807) is 45.9 Å². The predicted octanol–water partition coefficient (Wildman–Crippen LogP) is 0.356. The lowest BCUT2D eigenvalue weighted by atomic mass is 9.47. The summed E-state index contributed by atoms with van der Waals surface area (Å²) >= 11 is 0. The van der Waals surface area contributed by atoms with E-state index in [1.807, 2.05) is 0 Å². The number of ether oxygens (including phenoxy) is 5. The highest BCUT2D eigenvalue weighted by atomic mass is 16.6. The number of carbonyl (C=O) groups is 7. The number of hydrogen-bond donors (Lipinski definition) is 4. The number of hydrogen-bond acceptors (Lipinski definition) is 14. The molecule has 2 amide bonds. The molecule has 5 rings (SSSR count). The van der Waals surface area contributed by atoms with Crippen molar-refractivity contribution in [3.8, 4) is 0 Å². The van der Waals surface area contributed by atoms with Crippen LogP contribution in [0.4, 0.5) is 0 Å². The van der Waals surface area contributed by atoms with Crippen molar-refractivity contribution in [1.82, 2.24) is 10.6 Å². The van der Waals surface area contributed by atoms with Crippen molar-refractivity contribution in [2.24, 2.45) is 22.7 Å². The fourth-order valence-corrected chi connectivity index (χ4v) is 8.41. The van der Waals surface area contributed by atoms with Crippen LogP contribution in [0.5, 0.6) is 0 Å². The second-order valence-electron chi connectivity index (χ2n) is 15.1. The fraction of sp³-hybridized carbons (Fsp3) is 0.605. The van der Waals surface area contributed by atoms with Gasteiger partial charge in [0.05, 0.1) is 42.9 Å². The molecular weight excluding hydrogens is 708 g/mol. The smallest absolute Gasteiger partial charge is 0.349 e. The monoisotopic (exact) mass is 756 g/mol. The van der Waals surface area contributed by atoms with Crippen molar-refractivity contribution >= 4 is 41.8 Å². The van der Waals surface area contributed by atoms with E-state index in [0.29, 0.717) is 18.5 Å². The van der Waals surface area contributed by atoms with Gasteiger partial charge in [-0.2, -0.15) is 0 Å². The van der Waals surface area contributed by atoms with Crippen LogP contribution in [0.2, 0.25) is 0 Å². The van der Waals surface area contributed by atoms with Crippen molar-refractivity contribution in [2.75, 3.05) is 32.9 Å². The van der Waals surface area contributed by atoms with Crippen LogP contribution >= 0.6 is 0 Å². The normalized spacial score (nSPS) is 31.5. The minimum Gasteiger partial charge on any atom is -0.455 e. The number of esters is 3. The SMILES string of the molecule is CC(=O)O[C@H]1C(=O)[C@@]2(C)[C@H](C[C@]3(O)C[C@H](OC(=O)[C@@H](CNC(=O)c4ccccc4)OC(=O)COCC(=O)NCC=O)C(C)=C1C3(C)C)[C@@H]1CO[C@@H]1C[C@@H]2O.